The van der Waals surface area contributed by atoms with Gasteiger partial charge in [-0.1, -0.05) is 17.7 Å². The van der Waals surface area contributed by atoms with Crippen molar-refractivity contribution in [3.05, 3.63) is 52.6 Å². The number of benzene rings is 1. The molecule has 1 N–H and O–H groups in total. The van der Waals surface area contributed by atoms with Crippen molar-refractivity contribution in [3.8, 4) is 0 Å². The lowest BCUT2D eigenvalue weighted by atomic mass is 9.92. The van der Waals surface area contributed by atoms with E-state index in [2.05, 4.69) is 47.8 Å². The minimum absolute atomic E-state index is 0.307. The molecule has 0 amide bonds. The Kier molecular flexibility index (Phi) is 4.05. The van der Waals surface area contributed by atoms with Gasteiger partial charge in [0.05, 0.1) is 0 Å². The molecule has 1 unspecified atom stereocenters. The van der Waals surface area contributed by atoms with E-state index in [1.165, 1.54) is 22.3 Å². The zero-order valence-electron chi connectivity index (χ0n) is 12.5. The second kappa shape index (κ2) is 5.57. The Labute approximate surface area is 115 Å². The molecule has 0 aliphatic carbocycles. The predicted octanol–water partition coefficient (Wildman–Crippen LogP) is 2.85. The Bertz CT molecular complexity index is 546. The highest BCUT2D eigenvalue weighted by Crippen LogP contribution is 2.25. The zero-order valence-corrected chi connectivity index (χ0v) is 12.5. The monoisotopic (exact) mass is 257 g/mol. The number of likely N-dealkylation sites (N-methyl/N-ethyl adjacent to an activating group) is 1. The molecule has 1 aromatic carbocycles. The molecule has 1 heterocycles. The van der Waals surface area contributed by atoms with Gasteiger partial charge in [-0.2, -0.15) is 0 Å². The van der Waals surface area contributed by atoms with E-state index >= 15 is 0 Å². The van der Waals surface area contributed by atoms with Crippen molar-refractivity contribution >= 4 is 0 Å². The van der Waals surface area contributed by atoms with Crippen LogP contribution in [0.4, 0.5) is 0 Å². The van der Waals surface area contributed by atoms with Crippen molar-refractivity contribution in [2.45, 2.75) is 33.2 Å². The minimum Gasteiger partial charge on any atom is -0.338 e. The Morgan fingerprint density at radius 3 is 2.32 bits per heavy atom. The van der Waals surface area contributed by atoms with Gasteiger partial charge in [0.15, 0.2) is 0 Å². The molecule has 0 radical (unpaired) electrons. The van der Waals surface area contributed by atoms with Crippen LogP contribution in [0.2, 0.25) is 0 Å². The molecule has 2 aromatic rings. The molecule has 0 aliphatic rings. The first kappa shape index (κ1) is 13.8. The van der Waals surface area contributed by atoms with Crippen molar-refractivity contribution in [2.75, 3.05) is 7.05 Å². The van der Waals surface area contributed by atoms with Gasteiger partial charge < -0.3 is 9.88 Å². The highest BCUT2D eigenvalue weighted by Gasteiger charge is 2.17. The van der Waals surface area contributed by atoms with Crippen molar-refractivity contribution in [1.82, 2.24) is 14.9 Å². The number of imidazole rings is 1. The summed E-state index contributed by atoms with van der Waals surface area (Å²) in [4.78, 5) is 4.43. The van der Waals surface area contributed by atoms with Gasteiger partial charge in [0.25, 0.3) is 0 Å². The average Bonchev–Trinajstić information content (AvgIpc) is 2.72. The van der Waals surface area contributed by atoms with Crippen molar-refractivity contribution in [1.29, 1.82) is 0 Å². The van der Waals surface area contributed by atoms with E-state index in [0.717, 1.165) is 12.2 Å². The Balaban J connectivity index is 2.35. The lowest BCUT2D eigenvalue weighted by molar-refractivity contribution is 0.558. The van der Waals surface area contributed by atoms with Gasteiger partial charge in [0.1, 0.15) is 5.82 Å². The van der Waals surface area contributed by atoms with Gasteiger partial charge in [-0.15, -0.1) is 0 Å². The van der Waals surface area contributed by atoms with Crippen LogP contribution >= 0.6 is 0 Å². The van der Waals surface area contributed by atoms with Crippen molar-refractivity contribution in [3.63, 3.8) is 0 Å². The molecular formula is C16H23N3. The molecule has 0 fully saturated rings. The molecule has 0 saturated carbocycles. The van der Waals surface area contributed by atoms with Crippen LogP contribution in [0.25, 0.3) is 0 Å². The minimum atomic E-state index is 0.307. The Morgan fingerprint density at radius 2 is 1.84 bits per heavy atom. The number of nitrogens with one attached hydrogen (secondary N) is 1. The van der Waals surface area contributed by atoms with Crippen LogP contribution in [-0.4, -0.2) is 16.6 Å². The summed E-state index contributed by atoms with van der Waals surface area (Å²) < 4.78 is 2.09. The number of nitrogens with zero attached hydrogens (tertiary/aromatic N) is 2. The van der Waals surface area contributed by atoms with E-state index in [1.54, 1.807) is 0 Å². The first-order valence-corrected chi connectivity index (χ1v) is 6.74. The number of aryl methyl sites for hydroxylation is 4. The molecular weight excluding hydrogens is 234 g/mol. The highest BCUT2D eigenvalue weighted by molar-refractivity contribution is 5.40. The fourth-order valence-electron chi connectivity index (χ4n) is 2.87. The lowest BCUT2D eigenvalue weighted by Crippen LogP contribution is -2.22. The van der Waals surface area contributed by atoms with Crippen molar-refractivity contribution in [2.24, 2.45) is 7.05 Å². The second-order valence-electron chi connectivity index (χ2n) is 5.31. The summed E-state index contributed by atoms with van der Waals surface area (Å²) in [6, 6.07) is 4.82. The first-order valence-electron chi connectivity index (χ1n) is 6.74. The van der Waals surface area contributed by atoms with E-state index in [9.17, 15) is 0 Å². The molecule has 0 aliphatic heterocycles. The predicted molar refractivity (Wildman–Crippen MR) is 79.4 cm³/mol. The van der Waals surface area contributed by atoms with Crippen LogP contribution in [0.3, 0.4) is 0 Å². The maximum atomic E-state index is 4.43. The van der Waals surface area contributed by atoms with Gasteiger partial charge in [0.2, 0.25) is 0 Å². The van der Waals surface area contributed by atoms with E-state index in [-0.39, 0.29) is 0 Å². The van der Waals surface area contributed by atoms with Gasteiger partial charge in [-0.05, 0) is 44.5 Å². The van der Waals surface area contributed by atoms with Gasteiger partial charge >= 0.3 is 0 Å². The van der Waals surface area contributed by atoms with Crippen LogP contribution in [0, 0.1) is 20.8 Å². The Morgan fingerprint density at radius 1 is 1.21 bits per heavy atom. The van der Waals surface area contributed by atoms with Gasteiger partial charge in [-0.25, -0.2) is 4.98 Å². The van der Waals surface area contributed by atoms with Gasteiger partial charge in [0, 0.05) is 31.9 Å². The number of hydrogen-bond acceptors (Lipinski definition) is 2. The molecule has 0 bridgehead atoms. The fraction of sp³-hybridized carbons (Fsp3) is 0.438. The third kappa shape index (κ3) is 2.87. The molecule has 1 aromatic heterocycles. The maximum absolute atomic E-state index is 4.43. The first-order chi connectivity index (χ1) is 9.02. The number of aromatic nitrogens is 2. The summed E-state index contributed by atoms with van der Waals surface area (Å²) in [5.74, 6) is 1.11. The summed E-state index contributed by atoms with van der Waals surface area (Å²) >= 11 is 0. The van der Waals surface area contributed by atoms with E-state index in [1.807, 2.05) is 26.5 Å². The molecule has 3 heteroatoms. The summed E-state index contributed by atoms with van der Waals surface area (Å²) in [6.45, 7) is 6.53. The average molecular weight is 257 g/mol. The molecule has 0 spiro atoms. The van der Waals surface area contributed by atoms with Crippen molar-refractivity contribution < 1.29 is 0 Å². The normalized spacial score (nSPS) is 12.7. The zero-order chi connectivity index (χ0) is 14.0. The van der Waals surface area contributed by atoms with Crippen LogP contribution < -0.4 is 5.32 Å². The molecule has 2 rings (SSSR count). The van der Waals surface area contributed by atoms with E-state index < -0.39 is 0 Å². The quantitative estimate of drug-likeness (QED) is 0.912. The van der Waals surface area contributed by atoms with Gasteiger partial charge in [-0.3, -0.25) is 0 Å². The third-order valence-corrected chi connectivity index (χ3v) is 3.74. The van der Waals surface area contributed by atoms with E-state index in [4.69, 9.17) is 0 Å². The fourth-order valence-corrected chi connectivity index (χ4v) is 2.87. The molecule has 19 heavy (non-hydrogen) atoms. The number of rotatable bonds is 4. The standard InChI is InChI=1S/C16H23N3/c1-11-8-12(2)16(13(3)9-11)14(17-4)10-15-18-6-7-19(15)5/h6-9,14,17H,10H2,1-5H3. The van der Waals surface area contributed by atoms with E-state index in [0.29, 0.717) is 6.04 Å². The van der Waals surface area contributed by atoms with Crippen LogP contribution in [-0.2, 0) is 13.5 Å². The maximum Gasteiger partial charge on any atom is 0.110 e. The molecule has 3 nitrogen and oxygen atoms in total. The summed E-state index contributed by atoms with van der Waals surface area (Å²) in [6.07, 6.45) is 4.76. The summed E-state index contributed by atoms with van der Waals surface area (Å²) in [5.41, 5.74) is 5.43. The highest BCUT2D eigenvalue weighted by atomic mass is 15.0. The largest absolute Gasteiger partial charge is 0.338 e. The van der Waals surface area contributed by atoms with Crippen LogP contribution in [0.5, 0.6) is 0 Å². The SMILES string of the molecule is CNC(Cc1nccn1C)c1c(C)cc(C)cc1C. The number of hydrogen-bond donors (Lipinski definition) is 1. The second-order valence-corrected chi connectivity index (χ2v) is 5.31. The molecule has 102 valence electrons. The Hall–Kier alpha value is -1.61. The van der Waals surface area contributed by atoms with Crippen LogP contribution in [0.1, 0.15) is 34.1 Å². The third-order valence-electron chi connectivity index (χ3n) is 3.74. The molecule has 0 saturated heterocycles. The smallest absolute Gasteiger partial charge is 0.110 e. The van der Waals surface area contributed by atoms with Crippen LogP contribution in [0.15, 0.2) is 24.5 Å². The summed E-state index contributed by atoms with van der Waals surface area (Å²) in [5, 5.41) is 3.43. The lowest BCUT2D eigenvalue weighted by Gasteiger charge is -2.21. The topological polar surface area (TPSA) is 29.9 Å². The molecule has 1 atom stereocenters. The summed E-state index contributed by atoms with van der Waals surface area (Å²) in [7, 11) is 4.07.